The number of fused-ring (bicyclic) bond motifs is 1. The number of pyridine rings is 1. The lowest BCUT2D eigenvalue weighted by atomic mass is 10.0. The molecule has 7 rings (SSSR count). The van der Waals surface area contributed by atoms with Crippen molar-refractivity contribution in [1.29, 1.82) is 5.26 Å². The molecule has 6 heterocycles. The van der Waals surface area contributed by atoms with Gasteiger partial charge in [-0.3, -0.25) is 4.40 Å². The lowest BCUT2D eigenvalue weighted by Crippen LogP contribution is -2.49. The number of nitrogens with zero attached hydrogens (tertiary/aromatic N) is 8. The Bertz CT molecular complexity index is 1850. The van der Waals surface area contributed by atoms with Crippen LogP contribution in [0.25, 0.3) is 28.0 Å². The van der Waals surface area contributed by atoms with Crippen molar-refractivity contribution in [3.05, 3.63) is 71.4 Å². The van der Waals surface area contributed by atoms with Gasteiger partial charge in [-0.1, -0.05) is 18.3 Å². The molecule has 47 heavy (non-hydrogen) atoms. The number of hydrogen-bond donors (Lipinski definition) is 2. The maximum Gasteiger partial charge on any atom is 0.225 e. The lowest BCUT2D eigenvalue weighted by Gasteiger charge is -2.35. The van der Waals surface area contributed by atoms with E-state index in [0.29, 0.717) is 33.3 Å². The van der Waals surface area contributed by atoms with E-state index < -0.39 is 0 Å². The molecule has 0 unspecified atom stereocenters. The predicted molar refractivity (Wildman–Crippen MR) is 187 cm³/mol. The first-order valence-corrected chi connectivity index (χ1v) is 16.8. The van der Waals surface area contributed by atoms with E-state index in [1.807, 2.05) is 36.5 Å². The van der Waals surface area contributed by atoms with E-state index in [-0.39, 0.29) is 18.2 Å². The molecule has 13 heteroatoms. The summed E-state index contributed by atoms with van der Waals surface area (Å²) in [5, 5.41) is 17.8. The minimum Gasteiger partial charge on any atom is -0.341 e. The molecule has 0 radical (unpaired) electrons. The highest BCUT2D eigenvalue weighted by atomic mass is 35.5. The fraction of sp³-hybridized carbons (Fsp3) is 0.382. The minimum absolute atomic E-state index is 0. The molecule has 2 aliphatic rings. The largest absolute Gasteiger partial charge is 0.341 e. The SMILES string of the molecule is CCc1nc2ccc(-c3cnc(N4CCC(NC5CCNCC5)CC4)nc3)cn2c1N(C)c1nc(-c2ccc(F)cc2)c(C#N)s1.Cl. The number of aromatic nitrogens is 5. The van der Waals surface area contributed by atoms with E-state index >= 15 is 0 Å². The molecule has 0 bridgehead atoms. The number of imidazole rings is 1. The monoisotopic (exact) mass is 672 g/mol. The number of rotatable bonds is 8. The van der Waals surface area contributed by atoms with Crippen LogP contribution in [0.1, 0.15) is 43.2 Å². The van der Waals surface area contributed by atoms with Gasteiger partial charge in [0.05, 0.1) is 5.69 Å². The van der Waals surface area contributed by atoms with Gasteiger partial charge < -0.3 is 20.4 Å². The topological polar surface area (TPSA) is 110 Å². The number of aryl methyl sites for hydroxylation is 1. The van der Waals surface area contributed by atoms with Crippen LogP contribution in [0.5, 0.6) is 0 Å². The van der Waals surface area contributed by atoms with Gasteiger partial charge in [0.25, 0.3) is 0 Å². The van der Waals surface area contributed by atoms with Gasteiger partial charge in [-0.25, -0.2) is 24.3 Å². The lowest BCUT2D eigenvalue weighted by molar-refractivity contribution is 0.315. The van der Waals surface area contributed by atoms with Gasteiger partial charge in [-0.15, -0.1) is 12.4 Å². The van der Waals surface area contributed by atoms with Crippen molar-refractivity contribution in [2.45, 2.75) is 51.1 Å². The third-order valence-electron chi connectivity index (χ3n) is 9.00. The molecule has 2 N–H and O–H groups in total. The molecule has 10 nitrogen and oxygen atoms in total. The third-order valence-corrected chi connectivity index (χ3v) is 10.0. The molecule has 2 fully saturated rings. The highest BCUT2D eigenvalue weighted by Crippen LogP contribution is 2.37. The highest BCUT2D eigenvalue weighted by molar-refractivity contribution is 7.16. The smallest absolute Gasteiger partial charge is 0.225 e. The summed E-state index contributed by atoms with van der Waals surface area (Å²) < 4.78 is 15.6. The van der Waals surface area contributed by atoms with E-state index in [1.165, 1.54) is 36.3 Å². The van der Waals surface area contributed by atoms with Gasteiger partial charge in [0.1, 0.15) is 33.9 Å². The van der Waals surface area contributed by atoms with E-state index in [4.69, 9.17) is 19.9 Å². The standard InChI is InChI=1S/C34H37FN10S.ClH/c1-3-28-32(43(2)34-42-31(29(18-36)46-34)22-4-7-25(35)8-5-22)45-21-23(6-9-30(45)41-28)24-19-38-33(39-20-24)44-16-12-27(13-17-44)40-26-10-14-37-15-11-26;/h4-9,19-21,26-27,37,40H,3,10-17H2,1-2H3;1H. The molecule has 4 aromatic heterocycles. The molecule has 244 valence electrons. The first-order chi connectivity index (χ1) is 22.5. The Morgan fingerprint density at radius 2 is 1.66 bits per heavy atom. The Balaban J connectivity index is 0.00000386. The fourth-order valence-corrected chi connectivity index (χ4v) is 7.32. The van der Waals surface area contributed by atoms with Gasteiger partial charge >= 0.3 is 0 Å². The first-order valence-electron chi connectivity index (χ1n) is 16.0. The van der Waals surface area contributed by atoms with Crippen molar-refractivity contribution >= 4 is 46.3 Å². The predicted octanol–water partition coefficient (Wildman–Crippen LogP) is 5.99. The summed E-state index contributed by atoms with van der Waals surface area (Å²) in [5.74, 6) is 1.32. The Labute approximate surface area is 284 Å². The molecule has 2 saturated heterocycles. The number of halogens is 2. The number of thiazole rings is 1. The van der Waals surface area contributed by atoms with Crippen LogP contribution in [0.4, 0.5) is 21.3 Å². The zero-order valence-electron chi connectivity index (χ0n) is 26.5. The van der Waals surface area contributed by atoms with E-state index in [9.17, 15) is 9.65 Å². The van der Waals surface area contributed by atoms with Gasteiger partial charge in [0.15, 0.2) is 5.13 Å². The molecule has 0 amide bonds. The van der Waals surface area contributed by atoms with Crippen LogP contribution in [0.15, 0.2) is 55.0 Å². The van der Waals surface area contributed by atoms with Crippen molar-refractivity contribution < 1.29 is 4.39 Å². The summed E-state index contributed by atoms with van der Waals surface area (Å²) in [4.78, 5) is 24.0. The summed E-state index contributed by atoms with van der Waals surface area (Å²) in [6.07, 6.45) is 11.2. The molecule has 0 spiro atoms. The van der Waals surface area contributed by atoms with Crippen LogP contribution in [0, 0.1) is 17.1 Å². The second kappa shape index (κ2) is 14.3. The average Bonchev–Trinajstić information content (AvgIpc) is 3.71. The van der Waals surface area contributed by atoms with E-state index in [0.717, 1.165) is 79.7 Å². The Morgan fingerprint density at radius 1 is 0.979 bits per heavy atom. The summed E-state index contributed by atoms with van der Waals surface area (Å²) in [5.41, 5.74) is 4.88. The minimum atomic E-state index is -0.329. The van der Waals surface area contributed by atoms with Crippen molar-refractivity contribution in [3.8, 4) is 28.5 Å². The first kappa shape index (κ1) is 32.8. The Morgan fingerprint density at radius 3 is 2.34 bits per heavy atom. The molecule has 5 aromatic rings. The Hall–Kier alpha value is -4.15. The van der Waals surface area contributed by atoms with Crippen molar-refractivity contribution in [3.63, 3.8) is 0 Å². The maximum absolute atomic E-state index is 13.6. The number of hydrogen-bond acceptors (Lipinski definition) is 10. The van der Waals surface area contributed by atoms with Crippen molar-refractivity contribution in [1.82, 2.24) is 35.0 Å². The normalized spacial score (nSPS) is 15.8. The second-order valence-corrected chi connectivity index (χ2v) is 12.9. The fourth-order valence-electron chi connectivity index (χ4n) is 6.47. The van der Waals surface area contributed by atoms with Gasteiger partial charge in [-0.2, -0.15) is 5.26 Å². The summed E-state index contributed by atoms with van der Waals surface area (Å²) in [6.45, 7) is 6.19. The second-order valence-electron chi connectivity index (χ2n) is 12.0. The summed E-state index contributed by atoms with van der Waals surface area (Å²) in [6, 6.07) is 13.6. The third kappa shape index (κ3) is 6.80. The zero-order valence-corrected chi connectivity index (χ0v) is 28.1. The molecule has 2 aliphatic heterocycles. The molecule has 0 atom stereocenters. The zero-order chi connectivity index (χ0) is 31.6. The van der Waals surface area contributed by atoms with Crippen LogP contribution < -0.4 is 20.4 Å². The van der Waals surface area contributed by atoms with Gasteiger partial charge in [0, 0.05) is 67.5 Å². The number of benzene rings is 1. The number of piperidine rings is 2. The van der Waals surface area contributed by atoms with E-state index in [1.54, 1.807) is 12.1 Å². The number of anilines is 3. The molecule has 0 saturated carbocycles. The summed E-state index contributed by atoms with van der Waals surface area (Å²) in [7, 11) is 1.94. The molecular weight excluding hydrogens is 635 g/mol. The van der Waals surface area contributed by atoms with Crippen LogP contribution >= 0.6 is 23.7 Å². The molecule has 1 aromatic carbocycles. The average molecular weight is 673 g/mol. The quantitative estimate of drug-likeness (QED) is 0.205. The van der Waals surface area contributed by atoms with E-state index in [2.05, 4.69) is 39.1 Å². The van der Waals surface area contributed by atoms with Crippen molar-refractivity contribution in [2.24, 2.45) is 0 Å². The Kier molecular flexibility index (Phi) is 9.98. The number of nitriles is 1. The number of nitrogens with one attached hydrogen (secondary N) is 2. The van der Waals surface area contributed by atoms with Crippen LogP contribution in [0.3, 0.4) is 0 Å². The molecule has 0 aliphatic carbocycles. The molecular formula is C34H38ClFN10S. The van der Waals surface area contributed by atoms with Gasteiger partial charge in [0.2, 0.25) is 5.95 Å². The summed E-state index contributed by atoms with van der Waals surface area (Å²) >= 11 is 1.30. The highest BCUT2D eigenvalue weighted by Gasteiger charge is 2.25. The maximum atomic E-state index is 13.6. The van der Waals surface area contributed by atoms with Crippen molar-refractivity contribution in [2.75, 3.05) is 43.0 Å². The van der Waals surface area contributed by atoms with Crippen LogP contribution in [-0.4, -0.2) is 69.6 Å². The van der Waals surface area contributed by atoms with Crippen LogP contribution in [-0.2, 0) is 6.42 Å². The van der Waals surface area contributed by atoms with Gasteiger partial charge in [-0.05, 0) is 81.6 Å². The van der Waals surface area contributed by atoms with Crippen LogP contribution in [0.2, 0.25) is 0 Å².